The molecule has 0 amide bonds. The topological polar surface area (TPSA) is 41.9 Å². The van der Waals surface area contributed by atoms with Gasteiger partial charge >= 0.3 is 0 Å². The van der Waals surface area contributed by atoms with Crippen molar-refractivity contribution in [3.05, 3.63) is 29.6 Å². The van der Waals surface area contributed by atoms with Crippen LogP contribution in [0.2, 0.25) is 0 Å². The van der Waals surface area contributed by atoms with Crippen LogP contribution in [0.5, 0.6) is 5.75 Å². The average molecular weight is 297 g/mol. The first-order chi connectivity index (χ1) is 10.1. The molecule has 1 aromatic carbocycles. The number of aliphatic hydroxyl groups excluding tert-OH is 1. The Morgan fingerprint density at radius 2 is 2.33 bits per heavy atom. The molecule has 1 fully saturated rings. The van der Waals surface area contributed by atoms with Gasteiger partial charge in [0.1, 0.15) is 12.7 Å². The highest BCUT2D eigenvalue weighted by Crippen LogP contribution is 2.19. The lowest BCUT2D eigenvalue weighted by molar-refractivity contribution is -0.0578. The summed E-state index contributed by atoms with van der Waals surface area (Å²) in [5.74, 6) is -0.0843. The van der Waals surface area contributed by atoms with Crippen molar-refractivity contribution in [1.82, 2.24) is 4.90 Å². The first-order valence-corrected chi connectivity index (χ1v) is 7.49. The minimum absolute atomic E-state index is 0.0947. The molecule has 21 heavy (non-hydrogen) atoms. The molecule has 1 aliphatic rings. The highest BCUT2D eigenvalue weighted by Gasteiger charge is 2.22. The molecule has 1 N–H and O–H groups in total. The first kappa shape index (κ1) is 16.2. The number of ether oxygens (including phenoxy) is 2. The molecule has 2 unspecified atom stereocenters. The second-order valence-corrected chi connectivity index (χ2v) is 5.56. The number of hydrogen-bond acceptors (Lipinski definition) is 4. The monoisotopic (exact) mass is 297 g/mol. The van der Waals surface area contributed by atoms with E-state index in [0.717, 1.165) is 18.5 Å². The van der Waals surface area contributed by atoms with Crippen molar-refractivity contribution in [2.24, 2.45) is 0 Å². The Balaban J connectivity index is 1.84. The van der Waals surface area contributed by atoms with E-state index in [1.165, 1.54) is 6.07 Å². The summed E-state index contributed by atoms with van der Waals surface area (Å²) in [5.41, 5.74) is 0.962. The van der Waals surface area contributed by atoms with Crippen molar-refractivity contribution < 1.29 is 19.0 Å². The van der Waals surface area contributed by atoms with Gasteiger partial charge in [-0.2, -0.15) is 0 Å². The number of β-amino-alcohol motifs (C(OH)–C–C–N with tert-alkyl or cyclic N) is 1. The minimum Gasteiger partial charge on any atom is -0.488 e. The molecule has 1 saturated heterocycles. The highest BCUT2D eigenvalue weighted by molar-refractivity contribution is 5.29. The number of nitrogens with zero attached hydrogens (tertiary/aromatic N) is 1. The van der Waals surface area contributed by atoms with Gasteiger partial charge in [-0.3, -0.25) is 4.90 Å². The van der Waals surface area contributed by atoms with Crippen LogP contribution >= 0.6 is 0 Å². The Labute approximate surface area is 125 Å². The van der Waals surface area contributed by atoms with Crippen LogP contribution in [0, 0.1) is 12.7 Å². The number of aryl methyl sites for hydroxylation is 1. The molecule has 0 saturated carbocycles. The van der Waals surface area contributed by atoms with Gasteiger partial charge in [-0.1, -0.05) is 13.0 Å². The van der Waals surface area contributed by atoms with E-state index in [2.05, 4.69) is 4.90 Å². The number of rotatable bonds is 6. The predicted octanol–water partition coefficient (Wildman–Crippen LogP) is 1.98. The van der Waals surface area contributed by atoms with E-state index in [1.54, 1.807) is 12.1 Å². The predicted molar refractivity (Wildman–Crippen MR) is 79.1 cm³/mol. The van der Waals surface area contributed by atoms with Gasteiger partial charge in [0, 0.05) is 19.6 Å². The van der Waals surface area contributed by atoms with Crippen LogP contribution in [-0.4, -0.2) is 55.1 Å². The molecule has 5 heteroatoms. The summed E-state index contributed by atoms with van der Waals surface area (Å²) in [7, 11) is 0. The fourth-order valence-corrected chi connectivity index (χ4v) is 2.38. The smallest absolute Gasteiger partial charge is 0.165 e. The summed E-state index contributed by atoms with van der Waals surface area (Å²) in [6, 6.07) is 4.82. The van der Waals surface area contributed by atoms with Crippen LogP contribution in [0.3, 0.4) is 0 Å². The lowest BCUT2D eigenvalue weighted by Gasteiger charge is -2.33. The number of aliphatic hydroxyl groups is 1. The zero-order valence-electron chi connectivity index (χ0n) is 12.7. The normalized spacial score (nSPS) is 21.2. The van der Waals surface area contributed by atoms with E-state index >= 15 is 0 Å². The molecule has 2 atom stereocenters. The molecule has 1 heterocycles. The maximum Gasteiger partial charge on any atom is 0.165 e. The van der Waals surface area contributed by atoms with Crippen LogP contribution in [-0.2, 0) is 4.74 Å². The third-order valence-corrected chi connectivity index (χ3v) is 3.67. The summed E-state index contributed by atoms with van der Waals surface area (Å²) in [4.78, 5) is 2.16. The Kier molecular flexibility index (Phi) is 5.96. The maximum atomic E-state index is 13.6. The lowest BCUT2D eigenvalue weighted by atomic mass is 10.2. The summed E-state index contributed by atoms with van der Waals surface area (Å²) >= 11 is 0. The van der Waals surface area contributed by atoms with Gasteiger partial charge in [0.05, 0.1) is 12.7 Å². The summed E-state index contributed by atoms with van der Waals surface area (Å²) in [5, 5.41) is 9.71. The molecule has 0 aromatic heterocycles. The number of benzene rings is 1. The second kappa shape index (κ2) is 7.73. The van der Waals surface area contributed by atoms with Crippen LogP contribution in [0.1, 0.15) is 18.9 Å². The third kappa shape index (κ3) is 4.95. The van der Waals surface area contributed by atoms with Crippen molar-refractivity contribution in [1.29, 1.82) is 0 Å². The van der Waals surface area contributed by atoms with Gasteiger partial charge in [-0.05, 0) is 31.0 Å². The fraction of sp³-hybridized carbons (Fsp3) is 0.625. The molecule has 0 bridgehead atoms. The Morgan fingerprint density at radius 3 is 3.10 bits per heavy atom. The van der Waals surface area contributed by atoms with Gasteiger partial charge in [-0.25, -0.2) is 4.39 Å². The van der Waals surface area contributed by atoms with E-state index < -0.39 is 0 Å². The van der Waals surface area contributed by atoms with Crippen LogP contribution in [0.4, 0.5) is 4.39 Å². The van der Waals surface area contributed by atoms with Gasteiger partial charge in [-0.15, -0.1) is 0 Å². The quantitative estimate of drug-likeness (QED) is 0.872. The summed E-state index contributed by atoms with van der Waals surface area (Å²) in [6.45, 7) is 6.95. The molecular weight excluding hydrogens is 273 g/mol. The Hall–Kier alpha value is -1.17. The summed E-state index contributed by atoms with van der Waals surface area (Å²) in [6.07, 6.45) is 0.342. The molecule has 1 aliphatic heterocycles. The highest BCUT2D eigenvalue weighted by atomic mass is 19.1. The van der Waals surface area contributed by atoms with E-state index in [1.807, 2.05) is 13.8 Å². The minimum atomic E-state index is -0.352. The third-order valence-electron chi connectivity index (χ3n) is 3.67. The van der Waals surface area contributed by atoms with E-state index in [4.69, 9.17) is 9.47 Å². The van der Waals surface area contributed by atoms with Gasteiger partial charge in [0.2, 0.25) is 0 Å². The number of hydrogen-bond donors (Lipinski definition) is 1. The maximum absolute atomic E-state index is 13.6. The van der Waals surface area contributed by atoms with E-state index in [9.17, 15) is 9.50 Å². The Bertz CT molecular complexity index is 455. The van der Waals surface area contributed by atoms with Crippen molar-refractivity contribution in [2.75, 3.05) is 32.8 Å². The Morgan fingerprint density at radius 1 is 1.52 bits per heavy atom. The molecule has 118 valence electrons. The zero-order chi connectivity index (χ0) is 15.2. The lowest BCUT2D eigenvalue weighted by Crippen LogP contribution is -2.47. The standard InChI is InChI=1S/C16H24FNO3/c1-3-13(19)9-18-6-7-20-14(10-18)11-21-16-8-12(2)4-5-15(16)17/h4-5,8,13-14,19H,3,6-7,9-11H2,1-2H3. The molecule has 0 aliphatic carbocycles. The van der Waals surface area contributed by atoms with Crippen molar-refractivity contribution in [3.63, 3.8) is 0 Å². The molecule has 1 aromatic rings. The zero-order valence-corrected chi connectivity index (χ0v) is 12.7. The molecule has 4 nitrogen and oxygen atoms in total. The number of morpholine rings is 1. The van der Waals surface area contributed by atoms with E-state index in [0.29, 0.717) is 26.3 Å². The van der Waals surface area contributed by atoms with Crippen molar-refractivity contribution in [2.45, 2.75) is 32.5 Å². The van der Waals surface area contributed by atoms with Gasteiger partial charge in [0.25, 0.3) is 0 Å². The summed E-state index contributed by atoms with van der Waals surface area (Å²) < 4.78 is 24.8. The van der Waals surface area contributed by atoms with Crippen molar-refractivity contribution >= 4 is 0 Å². The molecular formula is C16H24FNO3. The fourth-order valence-electron chi connectivity index (χ4n) is 2.38. The largest absolute Gasteiger partial charge is 0.488 e. The van der Waals surface area contributed by atoms with E-state index in [-0.39, 0.29) is 23.8 Å². The second-order valence-electron chi connectivity index (χ2n) is 5.56. The van der Waals surface area contributed by atoms with Crippen LogP contribution in [0.15, 0.2) is 18.2 Å². The average Bonchev–Trinajstić information content (AvgIpc) is 2.48. The molecule has 0 spiro atoms. The molecule has 0 radical (unpaired) electrons. The SMILES string of the molecule is CCC(O)CN1CCOC(COc2cc(C)ccc2F)C1. The van der Waals surface area contributed by atoms with Gasteiger partial charge in [0.15, 0.2) is 11.6 Å². The molecule has 2 rings (SSSR count). The van der Waals surface area contributed by atoms with Crippen LogP contribution in [0.25, 0.3) is 0 Å². The first-order valence-electron chi connectivity index (χ1n) is 7.49. The number of halogens is 1. The van der Waals surface area contributed by atoms with Crippen molar-refractivity contribution in [3.8, 4) is 5.75 Å². The van der Waals surface area contributed by atoms with Gasteiger partial charge < -0.3 is 14.6 Å². The van der Waals surface area contributed by atoms with Crippen LogP contribution < -0.4 is 4.74 Å².